The van der Waals surface area contributed by atoms with E-state index in [1.54, 1.807) is 13.8 Å². The number of ketones is 1. The highest BCUT2D eigenvalue weighted by Gasteiger charge is 2.72. The first kappa shape index (κ1) is 21.9. The van der Waals surface area contributed by atoms with Gasteiger partial charge >= 0.3 is 5.97 Å². The van der Waals surface area contributed by atoms with Gasteiger partial charge in [-0.15, -0.1) is 11.6 Å². The summed E-state index contributed by atoms with van der Waals surface area (Å²) in [5.41, 5.74) is -2.13. The lowest BCUT2D eigenvalue weighted by Gasteiger charge is -2.63. The lowest BCUT2D eigenvalue weighted by Crippen LogP contribution is -2.68. The van der Waals surface area contributed by atoms with Gasteiger partial charge in [0, 0.05) is 22.8 Å². The molecule has 0 heterocycles. The van der Waals surface area contributed by atoms with Crippen molar-refractivity contribution in [1.82, 2.24) is 0 Å². The minimum Gasteiger partial charge on any atom is -0.461 e. The van der Waals surface area contributed by atoms with Crippen molar-refractivity contribution in [2.24, 2.45) is 28.6 Å². The quantitative estimate of drug-likeness (QED) is 0.507. The largest absolute Gasteiger partial charge is 0.461 e. The maximum absolute atomic E-state index is 15.4. The molecule has 0 saturated heterocycles. The van der Waals surface area contributed by atoms with Crippen molar-refractivity contribution in [2.75, 3.05) is 0 Å². The number of fused-ring (bicyclic) bond motifs is 5. The number of alkyl halides is 2. The maximum atomic E-state index is 15.4. The average molecular weight is 443 g/mol. The van der Waals surface area contributed by atoms with Gasteiger partial charge < -0.3 is 9.84 Å². The molecule has 0 amide bonds. The van der Waals surface area contributed by atoms with Crippen molar-refractivity contribution in [1.29, 1.82) is 0 Å². The molecule has 7 heteroatoms. The van der Waals surface area contributed by atoms with E-state index in [9.17, 15) is 19.1 Å². The van der Waals surface area contributed by atoms with Crippen LogP contribution in [-0.4, -0.2) is 40.1 Å². The summed E-state index contributed by atoms with van der Waals surface area (Å²) < 4.78 is 35.9. The van der Waals surface area contributed by atoms with Crippen LogP contribution in [0, 0.1) is 28.6 Å². The van der Waals surface area contributed by atoms with Crippen LogP contribution in [0.4, 0.5) is 8.78 Å². The molecule has 3 fully saturated rings. The molecule has 0 spiro atoms. The normalized spacial score (nSPS) is 50.1. The van der Waals surface area contributed by atoms with Crippen LogP contribution in [-0.2, 0) is 14.3 Å². The number of rotatable bonds is 2. The predicted molar refractivity (Wildman–Crippen MR) is 108 cm³/mol. The first-order valence-corrected chi connectivity index (χ1v) is 11.1. The molecule has 3 saturated carbocycles. The monoisotopic (exact) mass is 442 g/mol. The van der Waals surface area contributed by atoms with Crippen LogP contribution >= 0.6 is 11.6 Å². The third-order valence-electron chi connectivity index (χ3n) is 8.48. The smallest absolute Gasteiger partial charge is 0.305 e. The van der Waals surface area contributed by atoms with Gasteiger partial charge in [-0.3, -0.25) is 9.59 Å². The van der Waals surface area contributed by atoms with Gasteiger partial charge in [0.2, 0.25) is 5.78 Å². The highest BCUT2D eigenvalue weighted by molar-refractivity contribution is 6.26. The van der Waals surface area contributed by atoms with E-state index in [1.165, 1.54) is 6.08 Å². The van der Waals surface area contributed by atoms with E-state index < -0.39 is 51.6 Å². The molecule has 1 N–H and O–H groups in total. The van der Waals surface area contributed by atoms with Crippen LogP contribution in [0.5, 0.6) is 0 Å². The summed E-state index contributed by atoms with van der Waals surface area (Å²) in [7, 11) is 0. The molecule has 0 bridgehead atoms. The zero-order chi connectivity index (χ0) is 22.2. The Kier molecular flexibility index (Phi) is 5.02. The summed E-state index contributed by atoms with van der Waals surface area (Å²) in [6.07, 6.45) is 0.547. The summed E-state index contributed by atoms with van der Waals surface area (Å²) >= 11 is 7.19. The summed E-state index contributed by atoms with van der Waals surface area (Å²) in [5.74, 6) is -2.79. The van der Waals surface area contributed by atoms with E-state index in [1.807, 2.05) is 13.8 Å². The van der Waals surface area contributed by atoms with E-state index in [0.717, 1.165) is 6.08 Å². The molecule has 4 rings (SSSR count). The third-order valence-corrected chi connectivity index (χ3v) is 9.41. The fourth-order valence-electron chi connectivity index (χ4n) is 7.10. The zero-order valence-electron chi connectivity index (χ0n) is 17.8. The molecule has 166 valence electrons. The van der Waals surface area contributed by atoms with E-state index in [0.29, 0.717) is 6.42 Å². The summed E-state index contributed by atoms with van der Waals surface area (Å²) in [4.78, 5) is 22.6. The predicted octanol–water partition coefficient (Wildman–Crippen LogP) is 4.44. The van der Waals surface area contributed by atoms with Crippen molar-refractivity contribution in [3.05, 3.63) is 23.6 Å². The van der Waals surface area contributed by atoms with E-state index in [4.69, 9.17) is 16.3 Å². The van der Waals surface area contributed by atoms with E-state index in [-0.39, 0.29) is 42.6 Å². The number of carbonyl (C=O) groups excluding carboxylic acids is 2. The van der Waals surface area contributed by atoms with Crippen LogP contribution in [0.1, 0.15) is 53.4 Å². The van der Waals surface area contributed by atoms with Gasteiger partial charge in [-0.2, -0.15) is 0 Å². The summed E-state index contributed by atoms with van der Waals surface area (Å²) in [6, 6.07) is 0. The molecule has 4 aliphatic carbocycles. The molecule has 30 heavy (non-hydrogen) atoms. The Labute approximate surface area is 180 Å². The summed E-state index contributed by atoms with van der Waals surface area (Å²) in [6.45, 7) is 7.34. The number of hydrogen-bond acceptors (Lipinski definition) is 4. The van der Waals surface area contributed by atoms with Crippen molar-refractivity contribution in [3.8, 4) is 0 Å². The van der Waals surface area contributed by atoms with Gasteiger partial charge in [0.05, 0.1) is 11.0 Å². The first-order chi connectivity index (χ1) is 13.9. The van der Waals surface area contributed by atoms with Gasteiger partial charge in [0.25, 0.3) is 0 Å². The van der Waals surface area contributed by atoms with Crippen LogP contribution in [0.2, 0.25) is 0 Å². The number of ether oxygens (including phenoxy) is 1. The van der Waals surface area contributed by atoms with Gasteiger partial charge in [-0.25, -0.2) is 8.78 Å². The summed E-state index contributed by atoms with van der Waals surface area (Å²) in [5, 5.41) is 11.4. The second-order valence-electron chi connectivity index (χ2n) is 10.0. The van der Waals surface area contributed by atoms with Crippen LogP contribution in [0.3, 0.4) is 0 Å². The molecule has 0 aliphatic heterocycles. The van der Waals surface area contributed by atoms with Crippen LogP contribution in [0.25, 0.3) is 0 Å². The Bertz CT molecular complexity index is 856. The highest BCUT2D eigenvalue weighted by atomic mass is 35.5. The second kappa shape index (κ2) is 6.86. The fraction of sp³-hybridized carbons (Fsp3) is 0.739. The third kappa shape index (κ3) is 2.59. The zero-order valence-corrected chi connectivity index (χ0v) is 18.5. The van der Waals surface area contributed by atoms with Gasteiger partial charge in [0.1, 0.15) is 12.3 Å². The minimum atomic E-state index is -1.66. The van der Waals surface area contributed by atoms with E-state index >= 15 is 4.39 Å². The van der Waals surface area contributed by atoms with Crippen molar-refractivity contribution < 1.29 is 28.2 Å². The molecule has 0 aromatic heterocycles. The number of esters is 1. The topological polar surface area (TPSA) is 63.6 Å². The number of aliphatic hydroxyl groups is 1. The number of allylic oxidation sites excluding steroid dienone is 4. The molecule has 4 aliphatic rings. The Morgan fingerprint density at radius 2 is 2.00 bits per heavy atom. The first-order valence-electron chi connectivity index (χ1n) is 10.8. The van der Waals surface area contributed by atoms with Gasteiger partial charge in [0.15, 0.2) is 5.83 Å². The SMILES string of the molecule is CCC(=O)O[C@@H]1[C@H](C)C[C@H]2[C@@H]3C[C@H](F)C4=C(F)C(=O)C=C[C@]4(C)[C@@]3(Cl)[C@@H](O)C[C@]12C. The molecule has 4 nitrogen and oxygen atoms in total. The van der Waals surface area contributed by atoms with Gasteiger partial charge in [-0.05, 0) is 43.1 Å². The Hall–Kier alpha value is -1.27. The number of hydrogen-bond donors (Lipinski definition) is 1. The average Bonchev–Trinajstić information content (AvgIpc) is 2.92. The molecule has 0 aromatic carbocycles. The Morgan fingerprint density at radius 3 is 2.63 bits per heavy atom. The molecule has 0 radical (unpaired) electrons. The van der Waals surface area contributed by atoms with Gasteiger partial charge in [-0.1, -0.05) is 33.8 Å². The fourth-order valence-corrected chi connectivity index (χ4v) is 7.58. The van der Waals surface area contributed by atoms with Crippen molar-refractivity contribution >= 4 is 23.4 Å². The number of halogens is 3. The Morgan fingerprint density at radius 1 is 1.33 bits per heavy atom. The van der Waals surface area contributed by atoms with E-state index in [2.05, 4.69) is 0 Å². The second-order valence-corrected chi connectivity index (χ2v) is 10.6. The Balaban J connectivity index is 1.81. The minimum absolute atomic E-state index is 0.0322. The molecular weight excluding hydrogens is 414 g/mol. The van der Waals surface area contributed by atoms with Crippen LogP contribution < -0.4 is 0 Å². The van der Waals surface area contributed by atoms with Crippen molar-refractivity contribution in [2.45, 2.75) is 76.6 Å². The number of carbonyl (C=O) groups is 2. The maximum Gasteiger partial charge on any atom is 0.305 e. The van der Waals surface area contributed by atoms with Crippen molar-refractivity contribution in [3.63, 3.8) is 0 Å². The highest BCUT2D eigenvalue weighted by Crippen LogP contribution is 2.70. The standard InChI is InChI=1S/C23H29ClF2O4/c1-5-17(29)30-20-11(2)8-12-13-9-14(25)18-19(26)15(27)6-7-22(18,4)23(13,24)16(28)10-21(12,20)3/h6-7,11-14,16,20,28H,5,8-10H2,1-4H3/t11-,12+,13+,14+,16+,20-,21+,22+,23+/m1/s1. The van der Waals surface area contributed by atoms with Crippen LogP contribution in [0.15, 0.2) is 23.6 Å². The molecule has 0 aromatic rings. The molecule has 9 atom stereocenters. The number of aliphatic hydroxyl groups excluding tert-OH is 1. The lowest BCUT2D eigenvalue weighted by atomic mass is 9.46. The molecular formula is C23H29ClF2O4. The lowest BCUT2D eigenvalue weighted by molar-refractivity contribution is -0.168. The molecule has 0 unspecified atom stereocenters.